The summed E-state index contributed by atoms with van der Waals surface area (Å²) < 4.78 is 5.09. The maximum atomic E-state index is 11.1. The van der Waals surface area contributed by atoms with Crippen LogP contribution in [-0.2, 0) is 9.53 Å². The second kappa shape index (κ2) is 4.92. The normalized spacial score (nSPS) is 11.9. The molecule has 1 atom stereocenters. The fraction of sp³-hybridized carbons (Fsp3) is 0.375. The zero-order valence-electron chi connectivity index (χ0n) is 8.32. The molecule has 0 amide bonds. The number of carbonyl (C=O) groups is 1. The van der Waals surface area contributed by atoms with Gasteiger partial charge in [0.2, 0.25) is 0 Å². The molecule has 1 unspecified atom stereocenters. The minimum absolute atomic E-state index is 0.310. The predicted octanol–water partition coefficient (Wildman–Crippen LogP) is 0.795. The summed E-state index contributed by atoms with van der Waals surface area (Å²) in [4.78, 5) is 18.9. The Morgan fingerprint density at radius 3 is 2.93 bits per heavy atom. The van der Waals surface area contributed by atoms with Crippen molar-refractivity contribution in [2.45, 2.75) is 13.0 Å². The van der Waals surface area contributed by atoms with Gasteiger partial charge in [-0.25, -0.2) is 14.8 Å². The van der Waals surface area contributed by atoms with Crippen molar-refractivity contribution in [1.82, 2.24) is 9.97 Å². The van der Waals surface area contributed by atoms with E-state index in [-0.39, 0.29) is 5.97 Å². The molecule has 3 N–H and O–H groups in total. The lowest BCUT2D eigenvalue weighted by Gasteiger charge is -2.13. The van der Waals surface area contributed by atoms with Crippen LogP contribution in [0.1, 0.15) is 6.92 Å². The molecule has 1 rings (SSSR count). The summed E-state index contributed by atoms with van der Waals surface area (Å²) in [5, 5.41) is 2.85. The summed E-state index contributed by atoms with van der Waals surface area (Å²) in [5.74, 6) is 0.393. The van der Waals surface area contributed by atoms with Gasteiger partial charge in [0.15, 0.2) is 0 Å². The molecule has 0 aliphatic carbocycles. The van der Waals surface area contributed by atoms with Crippen molar-refractivity contribution in [2.75, 3.05) is 18.2 Å². The Morgan fingerprint density at radius 1 is 1.67 bits per heavy atom. The second-order valence-electron chi connectivity index (χ2n) is 2.81. The third-order valence-corrected chi connectivity index (χ3v) is 2.51. The van der Waals surface area contributed by atoms with Crippen LogP contribution >= 0.6 is 15.9 Å². The van der Waals surface area contributed by atoms with Crippen LogP contribution in [0.2, 0.25) is 0 Å². The minimum atomic E-state index is -0.499. The number of nitrogens with one attached hydrogen (secondary N) is 1. The molecular formula is C8H11BrN4O2. The number of nitrogens with zero attached hydrogens (tertiary/aromatic N) is 2. The zero-order chi connectivity index (χ0) is 11.4. The monoisotopic (exact) mass is 274 g/mol. The zero-order valence-corrected chi connectivity index (χ0v) is 9.91. The van der Waals surface area contributed by atoms with E-state index in [0.717, 1.165) is 0 Å². The van der Waals surface area contributed by atoms with Gasteiger partial charge in [0.1, 0.15) is 28.5 Å². The number of rotatable bonds is 3. The van der Waals surface area contributed by atoms with Crippen LogP contribution in [0.4, 0.5) is 11.6 Å². The molecule has 15 heavy (non-hydrogen) atoms. The number of ether oxygens (including phenoxy) is 1. The van der Waals surface area contributed by atoms with Gasteiger partial charge in [0, 0.05) is 0 Å². The number of hydrogen-bond acceptors (Lipinski definition) is 6. The van der Waals surface area contributed by atoms with Crippen molar-refractivity contribution in [3.05, 3.63) is 10.8 Å². The van der Waals surface area contributed by atoms with E-state index in [1.807, 2.05) is 0 Å². The summed E-state index contributed by atoms with van der Waals surface area (Å²) >= 11 is 3.22. The van der Waals surface area contributed by atoms with Crippen molar-refractivity contribution in [3.63, 3.8) is 0 Å². The van der Waals surface area contributed by atoms with Crippen LogP contribution < -0.4 is 11.1 Å². The molecule has 0 aromatic carbocycles. The van der Waals surface area contributed by atoms with Gasteiger partial charge in [0.05, 0.1) is 7.11 Å². The Morgan fingerprint density at radius 2 is 2.33 bits per heavy atom. The number of nitrogen functional groups attached to an aromatic ring is 1. The smallest absolute Gasteiger partial charge is 0.328 e. The maximum absolute atomic E-state index is 11.1. The third kappa shape index (κ3) is 2.79. The van der Waals surface area contributed by atoms with E-state index in [1.54, 1.807) is 6.92 Å². The highest BCUT2D eigenvalue weighted by Crippen LogP contribution is 2.24. The minimum Gasteiger partial charge on any atom is -0.467 e. The molecule has 0 spiro atoms. The number of nitrogens with two attached hydrogens (primary N) is 1. The van der Waals surface area contributed by atoms with E-state index >= 15 is 0 Å². The van der Waals surface area contributed by atoms with Gasteiger partial charge >= 0.3 is 5.97 Å². The SMILES string of the molecule is COC(=O)C(C)Nc1ncnc(N)c1Br. The summed E-state index contributed by atoms with van der Waals surface area (Å²) in [6.07, 6.45) is 1.31. The molecule has 0 fully saturated rings. The first-order chi connectivity index (χ1) is 7.06. The molecule has 0 radical (unpaired) electrons. The molecule has 82 valence electrons. The highest BCUT2D eigenvalue weighted by atomic mass is 79.9. The molecule has 1 aromatic heterocycles. The molecular weight excluding hydrogens is 264 g/mol. The number of esters is 1. The fourth-order valence-electron chi connectivity index (χ4n) is 0.925. The van der Waals surface area contributed by atoms with Crippen LogP contribution in [-0.4, -0.2) is 29.1 Å². The highest BCUT2D eigenvalue weighted by molar-refractivity contribution is 9.10. The van der Waals surface area contributed by atoms with Gasteiger partial charge in [0.25, 0.3) is 0 Å². The van der Waals surface area contributed by atoms with Crippen molar-refractivity contribution in [1.29, 1.82) is 0 Å². The number of carbonyl (C=O) groups excluding carboxylic acids is 1. The van der Waals surface area contributed by atoms with Crippen molar-refractivity contribution >= 4 is 33.5 Å². The van der Waals surface area contributed by atoms with Crippen LogP contribution in [0.15, 0.2) is 10.8 Å². The van der Waals surface area contributed by atoms with Crippen LogP contribution in [0, 0.1) is 0 Å². The maximum Gasteiger partial charge on any atom is 0.328 e. The standard InChI is InChI=1S/C8H11BrN4O2/c1-4(8(14)15-2)13-7-5(9)6(10)11-3-12-7/h3-4H,1-2H3,(H3,10,11,12,13). The number of aromatic nitrogens is 2. The Hall–Kier alpha value is -1.37. The van der Waals surface area contributed by atoms with Gasteiger partial charge < -0.3 is 15.8 Å². The predicted molar refractivity (Wildman–Crippen MR) is 59.2 cm³/mol. The molecule has 0 bridgehead atoms. The Labute approximate surface area is 95.4 Å². The lowest BCUT2D eigenvalue weighted by atomic mass is 10.3. The summed E-state index contributed by atoms with van der Waals surface area (Å²) in [6, 6.07) is -0.499. The van der Waals surface area contributed by atoms with Gasteiger partial charge in [-0.1, -0.05) is 0 Å². The molecule has 0 aliphatic heterocycles. The van der Waals surface area contributed by atoms with Crippen LogP contribution in [0.3, 0.4) is 0 Å². The quantitative estimate of drug-likeness (QED) is 0.793. The Bertz CT molecular complexity index is 372. The molecule has 0 saturated heterocycles. The fourth-order valence-corrected chi connectivity index (χ4v) is 1.24. The largest absolute Gasteiger partial charge is 0.467 e. The number of anilines is 2. The average molecular weight is 275 g/mol. The van der Waals surface area contributed by atoms with Gasteiger partial charge in [-0.15, -0.1) is 0 Å². The van der Waals surface area contributed by atoms with Crippen LogP contribution in [0.5, 0.6) is 0 Å². The topological polar surface area (TPSA) is 90.1 Å². The summed E-state index contributed by atoms with van der Waals surface area (Å²) in [7, 11) is 1.32. The highest BCUT2D eigenvalue weighted by Gasteiger charge is 2.15. The molecule has 0 aliphatic rings. The van der Waals surface area contributed by atoms with E-state index in [1.165, 1.54) is 13.4 Å². The molecule has 7 heteroatoms. The summed E-state index contributed by atoms with van der Waals surface area (Å²) in [5.41, 5.74) is 5.55. The lowest BCUT2D eigenvalue weighted by Crippen LogP contribution is -2.27. The van der Waals surface area contributed by atoms with E-state index < -0.39 is 6.04 Å². The summed E-state index contributed by atoms with van der Waals surface area (Å²) in [6.45, 7) is 1.66. The molecule has 1 heterocycles. The van der Waals surface area contributed by atoms with E-state index in [0.29, 0.717) is 16.1 Å². The Kier molecular flexibility index (Phi) is 3.84. The number of methoxy groups -OCH3 is 1. The van der Waals surface area contributed by atoms with Crippen LogP contribution in [0.25, 0.3) is 0 Å². The average Bonchev–Trinajstić information content (AvgIpc) is 2.23. The molecule has 1 aromatic rings. The first kappa shape index (κ1) is 11.7. The number of halogens is 1. The molecule has 6 nitrogen and oxygen atoms in total. The Balaban J connectivity index is 2.81. The first-order valence-electron chi connectivity index (χ1n) is 4.16. The van der Waals surface area contributed by atoms with E-state index in [4.69, 9.17) is 5.73 Å². The number of hydrogen-bond donors (Lipinski definition) is 2. The van der Waals surface area contributed by atoms with Gasteiger partial charge in [-0.3, -0.25) is 0 Å². The van der Waals surface area contributed by atoms with E-state index in [2.05, 4.69) is 36.0 Å². The van der Waals surface area contributed by atoms with E-state index in [9.17, 15) is 4.79 Å². The van der Waals surface area contributed by atoms with Gasteiger partial charge in [-0.05, 0) is 22.9 Å². The van der Waals surface area contributed by atoms with Crippen molar-refractivity contribution in [2.24, 2.45) is 0 Å². The second-order valence-corrected chi connectivity index (χ2v) is 3.60. The van der Waals surface area contributed by atoms with Crippen molar-refractivity contribution < 1.29 is 9.53 Å². The third-order valence-electron chi connectivity index (χ3n) is 1.72. The lowest BCUT2D eigenvalue weighted by molar-refractivity contribution is -0.141. The van der Waals surface area contributed by atoms with Gasteiger partial charge in [-0.2, -0.15) is 0 Å². The first-order valence-corrected chi connectivity index (χ1v) is 4.96. The molecule has 0 saturated carbocycles. The van der Waals surface area contributed by atoms with Crippen molar-refractivity contribution in [3.8, 4) is 0 Å².